The Labute approximate surface area is 92.6 Å². The highest BCUT2D eigenvalue weighted by atomic mass is 28.4. The van der Waals surface area contributed by atoms with E-state index in [-0.39, 0.29) is 6.54 Å². The lowest BCUT2D eigenvalue weighted by atomic mass is 10.8. The fourth-order valence-electron chi connectivity index (χ4n) is 0.587. The standard InChI is InChI=1S/C2H6N4O10Si/c3-1-2-13-17(14-4(7)8,15-5(9)10)16-6(11)12/h1-3H2. The predicted molar refractivity (Wildman–Crippen MR) is 45.0 cm³/mol. The molecule has 17 heavy (non-hydrogen) atoms. The topological polar surface area (TPSA) is 192 Å². The highest BCUT2D eigenvalue weighted by Gasteiger charge is 2.54. The Hall–Kier alpha value is -2.26. The molecule has 14 nitrogen and oxygen atoms in total. The third-order valence-electron chi connectivity index (χ3n) is 0.956. The maximum absolute atomic E-state index is 10.0. The molecule has 0 aliphatic rings. The van der Waals surface area contributed by atoms with Crippen LogP contribution in [0.1, 0.15) is 0 Å². The zero-order valence-electron chi connectivity index (χ0n) is 7.92. The van der Waals surface area contributed by atoms with Crippen LogP contribution in [0.2, 0.25) is 0 Å². The molecule has 0 unspecified atom stereocenters. The molecule has 98 valence electrons. The van der Waals surface area contributed by atoms with Gasteiger partial charge in [0, 0.05) is 6.54 Å². The SMILES string of the molecule is NCCO[Si](O[N+](=O)[O-])(O[N+](=O)[O-])O[N+](=O)[O-]. The molecule has 0 atom stereocenters. The van der Waals surface area contributed by atoms with Crippen LogP contribution in [0.3, 0.4) is 0 Å². The van der Waals surface area contributed by atoms with Gasteiger partial charge in [0.1, 0.15) is 0 Å². The fourth-order valence-corrected chi connectivity index (χ4v) is 1.76. The second-order valence-corrected chi connectivity index (χ2v) is 3.92. The predicted octanol–water partition coefficient (Wildman–Crippen LogP) is -1.98. The van der Waals surface area contributed by atoms with Crippen molar-refractivity contribution in [2.45, 2.75) is 0 Å². The van der Waals surface area contributed by atoms with Gasteiger partial charge in [-0.2, -0.15) is 0 Å². The number of nitrogens with zero attached hydrogens (tertiary/aromatic N) is 3. The van der Waals surface area contributed by atoms with Crippen LogP contribution in [-0.2, 0) is 18.0 Å². The molecular weight excluding hydrogens is 268 g/mol. The summed E-state index contributed by atoms with van der Waals surface area (Å²) in [6.07, 6.45) is 0. The van der Waals surface area contributed by atoms with E-state index in [9.17, 15) is 30.3 Å². The Kier molecular flexibility index (Phi) is 5.50. The van der Waals surface area contributed by atoms with Gasteiger partial charge in [0.2, 0.25) is 0 Å². The van der Waals surface area contributed by atoms with E-state index in [2.05, 4.69) is 18.0 Å². The van der Waals surface area contributed by atoms with Crippen molar-refractivity contribution in [2.24, 2.45) is 5.73 Å². The van der Waals surface area contributed by atoms with Gasteiger partial charge < -0.3 is 10.2 Å². The van der Waals surface area contributed by atoms with Crippen LogP contribution < -0.4 is 5.73 Å². The van der Waals surface area contributed by atoms with Gasteiger partial charge in [0.15, 0.2) is 0 Å². The first kappa shape index (κ1) is 14.7. The van der Waals surface area contributed by atoms with E-state index in [0.29, 0.717) is 0 Å². The summed E-state index contributed by atoms with van der Waals surface area (Å²) in [5.74, 6) is 0. The van der Waals surface area contributed by atoms with Crippen molar-refractivity contribution >= 4 is 9.05 Å². The van der Waals surface area contributed by atoms with Crippen molar-refractivity contribution in [3.63, 3.8) is 0 Å². The molecule has 0 radical (unpaired) electrons. The van der Waals surface area contributed by atoms with Crippen LogP contribution >= 0.6 is 0 Å². The van der Waals surface area contributed by atoms with Gasteiger partial charge >= 0.3 is 9.05 Å². The first-order valence-electron chi connectivity index (χ1n) is 3.66. The molecule has 0 aromatic rings. The molecule has 0 fully saturated rings. The molecule has 0 saturated heterocycles. The van der Waals surface area contributed by atoms with E-state index in [1.807, 2.05) is 0 Å². The molecule has 0 aromatic carbocycles. The highest BCUT2D eigenvalue weighted by molar-refractivity contribution is 6.52. The summed E-state index contributed by atoms with van der Waals surface area (Å²) in [5.41, 5.74) is 4.95. The minimum Gasteiger partial charge on any atom is -0.358 e. The Balaban J connectivity index is 4.95. The quantitative estimate of drug-likeness (QED) is 0.278. The first-order valence-corrected chi connectivity index (χ1v) is 5.29. The molecule has 0 rings (SSSR count). The normalized spacial score (nSPS) is 10.4. The number of rotatable bonds is 9. The zero-order valence-corrected chi connectivity index (χ0v) is 8.92. The summed E-state index contributed by atoms with van der Waals surface area (Å²) < 4.78 is 15.2. The van der Waals surface area contributed by atoms with Crippen molar-refractivity contribution in [2.75, 3.05) is 13.2 Å². The van der Waals surface area contributed by atoms with E-state index in [4.69, 9.17) is 5.73 Å². The summed E-state index contributed by atoms with van der Waals surface area (Å²) in [4.78, 5) is 30.1. The molecule has 0 saturated carbocycles. The average Bonchev–Trinajstić information content (AvgIpc) is 2.11. The summed E-state index contributed by atoms with van der Waals surface area (Å²) in [5, 5.41) is 25.4. The van der Waals surface area contributed by atoms with E-state index < -0.39 is 30.9 Å². The summed E-state index contributed by atoms with van der Waals surface area (Å²) in [6.45, 7) is -0.792. The van der Waals surface area contributed by atoms with Crippen molar-refractivity contribution < 1.29 is 33.3 Å². The van der Waals surface area contributed by atoms with Gasteiger partial charge in [0.05, 0.1) is 6.61 Å². The minimum absolute atomic E-state index is 0.252. The van der Waals surface area contributed by atoms with E-state index >= 15 is 0 Å². The molecule has 15 heteroatoms. The lowest BCUT2D eigenvalue weighted by Crippen LogP contribution is -2.53. The van der Waals surface area contributed by atoms with Gasteiger partial charge in [-0.15, -0.1) is 30.3 Å². The Morgan fingerprint density at radius 2 is 1.29 bits per heavy atom. The van der Waals surface area contributed by atoms with E-state index in [1.54, 1.807) is 0 Å². The summed E-state index contributed by atoms with van der Waals surface area (Å²) in [7, 11) is -5.18. The van der Waals surface area contributed by atoms with Crippen molar-refractivity contribution in [3.8, 4) is 0 Å². The van der Waals surface area contributed by atoms with Gasteiger partial charge in [-0.3, -0.25) is 13.6 Å². The third-order valence-corrected chi connectivity index (χ3v) is 2.63. The molecule has 0 aromatic heterocycles. The lowest BCUT2D eigenvalue weighted by molar-refractivity contribution is -0.814. The van der Waals surface area contributed by atoms with Crippen LogP contribution in [0.5, 0.6) is 0 Å². The van der Waals surface area contributed by atoms with Gasteiger partial charge in [-0.05, 0) is 0 Å². The van der Waals surface area contributed by atoms with Crippen LogP contribution in [0.4, 0.5) is 0 Å². The molecular formula is C2H6N4O10Si. The number of hydrogen-bond donors (Lipinski definition) is 1. The van der Waals surface area contributed by atoms with Crippen LogP contribution in [0.25, 0.3) is 0 Å². The van der Waals surface area contributed by atoms with E-state index in [1.165, 1.54) is 0 Å². The highest BCUT2D eigenvalue weighted by Crippen LogP contribution is 2.12. The second-order valence-electron chi connectivity index (χ2n) is 2.08. The van der Waals surface area contributed by atoms with Crippen LogP contribution in [0, 0.1) is 30.3 Å². The van der Waals surface area contributed by atoms with Gasteiger partial charge in [0.25, 0.3) is 15.3 Å². The lowest BCUT2D eigenvalue weighted by Gasteiger charge is -2.21. The average molecular weight is 274 g/mol. The zero-order chi connectivity index (χ0) is 13.5. The Bertz CT molecular complexity index is 266. The molecule has 0 heterocycles. The Morgan fingerprint density at radius 3 is 1.53 bits per heavy atom. The molecule has 2 N–H and O–H groups in total. The summed E-state index contributed by atoms with van der Waals surface area (Å²) in [6, 6.07) is 0. The molecule has 0 bridgehead atoms. The second kappa shape index (κ2) is 6.35. The molecule has 0 aliphatic heterocycles. The fraction of sp³-hybridized carbons (Fsp3) is 1.00. The third kappa shape index (κ3) is 6.02. The molecule has 0 amide bonds. The first-order chi connectivity index (χ1) is 7.81. The van der Waals surface area contributed by atoms with Crippen molar-refractivity contribution in [1.29, 1.82) is 0 Å². The monoisotopic (exact) mass is 274 g/mol. The Morgan fingerprint density at radius 1 is 0.941 bits per heavy atom. The van der Waals surface area contributed by atoms with Crippen molar-refractivity contribution in [3.05, 3.63) is 30.3 Å². The smallest absolute Gasteiger partial charge is 0.358 e. The maximum Gasteiger partial charge on any atom is 0.758 e. The van der Waals surface area contributed by atoms with Gasteiger partial charge in [-0.1, -0.05) is 0 Å². The molecule has 0 spiro atoms. The van der Waals surface area contributed by atoms with Crippen molar-refractivity contribution in [1.82, 2.24) is 0 Å². The van der Waals surface area contributed by atoms with Gasteiger partial charge in [-0.25, -0.2) is 0 Å². The molecule has 0 aliphatic carbocycles. The largest absolute Gasteiger partial charge is 0.758 e. The number of nitrogens with two attached hydrogens (primary N) is 1. The minimum atomic E-state index is -5.18. The van der Waals surface area contributed by atoms with Crippen LogP contribution in [0.15, 0.2) is 0 Å². The van der Waals surface area contributed by atoms with E-state index in [0.717, 1.165) is 0 Å². The van der Waals surface area contributed by atoms with Crippen LogP contribution in [-0.4, -0.2) is 37.5 Å². The maximum atomic E-state index is 10.0. The number of hydrogen-bond acceptors (Lipinski definition) is 11. The summed E-state index contributed by atoms with van der Waals surface area (Å²) >= 11 is 0.